The lowest BCUT2D eigenvalue weighted by Crippen LogP contribution is -2.40. The lowest BCUT2D eigenvalue weighted by Gasteiger charge is -2.33. The van der Waals surface area contributed by atoms with Gasteiger partial charge in [0.1, 0.15) is 0 Å². The van der Waals surface area contributed by atoms with Crippen molar-refractivity contribution in [3.63, 3.8) is 0 Å². The Balaban J connectivity index is 1.64. The van der Waals surface area contributed by atoms with E-state index in [1.165, 1.54) is 11.3 Å². The van der Waals surface area contributed by atoms with Gasteiger partial charge in [0.15, 0.2) is 6.10 Å². The van der Waals surface area contributed by atoms with E-state index in [0.29, 0.717) is 29.6 Å². The fourth-order valence-electron chi connectivity index (χ4n) is 3.35. The third-order valence-electron chi connectivity index (χ3n) is 4.78. The monoisotopic (exact) mass is 347 g/mol. The molecule has 128 valence electrons. The number of amides is 1. The maximum absolute atomic E-state index is 12.6. The number of likely N-dealkylation sites (tertiary alicyclic amines) is 1. The first kappa shape index (κ1) is 17.0. The zero-order valence-corrected chi connectivity index (χ0v) is 14.5. The molecule has 1 aromatic carbocycles. The van der Waals surface area contributed by atoms with Crippen LogP contribution in [0.15, 0.2) is 30.5 Å². The second-order valence-corrected chi connectivity index (χ2v) is 6.59. The van der Waals surface area contributed by atoms with Crippen molar-refractivity contribution in [1.82, 2.24) is 15.1 Å². The number of H-pyrrole nitrogens is 1. The molecule has 1 aromatic heterocycles. The first-order valence-electron chi connectivity index (χ1n) is 8.35. The van der Waals surface area contributed by atoms with E-state index in [9.17, 15) is 9.90 Å². The predicted molar refractivity (Wildman–Crippen MR) is 92.9 cm³/mol. The number of nitrogens with one attached hydrogen (secondary N) is 1. The summed E-state index contributed by atoms with van der Waals surface area (Å²) in [5, 5.41) is 18.0. The summed E-state index contributed by atoms with van der Waals surface area (Å²) >= 11 is 6.08. The van der Waals surface area contributed by atoms with Gasteiger partial charge in [0, 0.05) is 35.3 Å². The van der Waals surface area contributed by atoms with Gasteiger partial charge in [-0.1, -0.05) is 36.7 Å². The molecule has 1 fully saturated rings. The second kappa shape index (κ2) is 7.36. The molecule has 0 radical (unpaired) electrons. The Labute approximate surface area is 146 Å². The van der Waals surface area contributed by atoms with Gasteiger partial charge in [-0.15, -0.1) is 0 Å². The van der Waals surface area contributed by atoms with Crippen molar-refractivity contribution in [2.75, 3.05) is 13.1 Å². The van der Waals surface area contributed by atoms with E-state index in [2.05, 4.69) is 17.1 Å². The fraction of sp³-hybridized carbons (Fsp3) is 0.444. The van der Waals surface area contributed by atoms with Crippen LogP contribution in [0.1, 0.15) is 48.6 Å². The molecule has 1 saturated heterocycles. The van der Waals surface area contributed by atoms with E-state index in [-0.39, 0.29) is 5.91 Å². The molecule has 1 amide bonds. The van der Waals surface area contributed by atoms with E-state index in [0.717, 1.165) is 19.3 Å². The van der Waals surface area contributed by atoms with Gasteiger partial charge in [0.25, 0.3) is 5.91 Å². The lowest BCUT2D eigenvalue weighted by atomic mass is 9.90. The molecule has 1 atom stereocenters. The number of halogens is 1. The number of nitrogens with zero attached hydrogens (tertiary/aromatic N) is 2. The van der Waals surface area contributed by atoms with Gasteiger partial charge in [0.05, 0.1) is 6.20 Å². The van der Waals surface area contributed by atoms with Crippen LogP contribution in [0, 0.1) is 0 Å². The zero-order valence-electron chi connectivity index (χ0n) is 13.7. The molecular formula is C18H22ClN3O2. The molecule has 1 aliphatic rings. The minimum atomic E-state index is -1.20. The molecule has 0 bridgehead atoms. The van der Waals surface area contributed by atoms with Crippen molar-refractivity contribution >= 4 is 17.5 Å². The van der Waals surface area contributed by atoms with Gasteiger partial charge >= 0.3 is 0 Å². The normalized spacial score (nSPS) is 17.0. The Hall–Kier alpha value is -1.85. The minimum Gasteiger partial charge on any atom is -0.378 e. The Bertz CT molecular complexity index is 708. The summed E-state index contributed by atoms with van der Waals surface area (Å²) in [5.41, 5.74) is 2.90. The van der Waals surface area contributed by atoms with Gasteiger partial charge in [0.2, 0.25) is 0 Å². The van der Waals surface area contributed by atoms with Crippen LogP contribution in [-0.2, 0) is 11.2 Å². The number of piperidine rings is 1. The summed E-state index contributed by atoms with van der Waals surface area (Å²) in [7, 11) is 0. The summed E-state index contributed by atoms with van der Waals surface area (Å²) in [6.07, 6.45) is 3.38. The van der Waals surface area contributed by atoms with Crippen molar-refractivity contribution in [1.29, 1.82) is 0 Å². The first-order chi connectivity index (χ1) is 11.6. The van der Waals surface area contributed by atoms with Crippen molar-refractivity contribution in [3.8, 4) is 0 Å². The van der Waals surface area contributed by atoms with Gasteiger partial charge in [-0.05, 0) is 30.9 Å². The number of aryl methyl sites for hydroxylation is 1. The highest BCUT2D eigenvalue weighted by atomic mass is 35.5. The van der Waals surface area contributed by atoms with Crippen molar-refractivity contribution < 1.29 is 9.90 Å². The average Bonchev–Trinajstić information content (AvgIpc) is 3.10. The van der Waals surface area contributed by atoms with Crippen LogP contribution in [0.3, 0.4) is 0 Å². The highest BCUT2D eigenvalue weighted by Crippen LogP contribution is 2.31. The van der Waals surface area contributed by atoms with E-state index in [1.807, 2.05) is 6.20 Å². The molecule has 3 rings (SSSR count). The van der Waals surface area contributed by atoms with Crippen LogP contribution in [0.25, 0.3) is 0 Å². The van der Waals surface area contributed by atoms with Crippen LogP contribution in [0.4, 0.5) is 0 Å². The molecular weight excluding hydrogens is 326 g/mol. The number of hydrogen-bond acceptors (Lipinski definition) is 3. The molecule has 0 aliphatic carbocycles. The van der Waals surface area contributed by atoms with Crippen molar-refractivity contribution in [2.45, 2.75) is 38.2 Å². The second-order valence-electron chi connectivity index (χ2n) is 6.19. The summed E-state index contributed by atoms with van der Waals surface area (Å²) in [6, 6.07) is 6.93. The van der Waals surface area contributed by atoms with Crippen LogP contribution in [0.2, 0.25) is 5.02 Å². The van der Waals surface area contributed by atoms with Crippen LogP contribution in [-0.4, -0.2) is 39.2 Å². The van der Waals surface area contributed by atoms with E-state index in [4.69, 9.17) is 11.6 Å². The maximum Gasteiger partial charge on any atom is 0.256 e. The van der Waals surface area contributed by atoms with Gasteiger partial charge in [-0.25, -0.2) is 0 Å². The fourth-order valence-corrected chi connectivity index (χ4v) is 3.59. The summed E-state index contributed by atoms with van der Waals surface area (Å²) in [5.74, 6) is 0.117. The highest BCUT2D eigenvalue weighted by Gasteiger charge is 2.30. The summed E-state index contributed by atoms with van der Waals surface area (Å²) in [4.78, 5) is 14.3. The van der Waals surface area contributed by atoms with Gasteiger partial charge in [-0.3, -0.25) is 9.89 Å². The zero-order chi connectivity index (χ0) is 17.1. The molecule has 2 N–H and O–H groups in total. The number of aromatic nitrogens is 2. The minimum absolute atomic E-state index is 0.276. The van der Waals surface area contributed by atoms with Crippen molar-refractivity contribution in [2.24, 2.45) is 0 Å². The van der Waals surface area contributed by atoms with Crippen LogP contribution >= 0.6 is 11.6 Å². The van der Waals surface area contributed by atoms with Crippen molar-refractivity contribution in [3.05, 3.63) is 52.3 Å². The van der Waals surface area contributed by atoms with E-state index >= 15 is 0 Å². The molecule has 2 aromatic rings. The SMILES string of the molecule is CCc1cn[nH]c1C1CCN(C(=O)C(O)c2ccccc2Cl)CC1. The summed E-state index contributed by atoms with van der Waals surface area (Å²) in [6.45, 7) is 3.38. The number of rotatable bonds is 4. The molecule has 24 heavy (non-hydrogen) atoms. The van der Waals surface area contributed by atoms with Gasteiger partial charge < -0.3 is 10.0 Å². The number of benzene rings is 1. The quantitative estimate of drug-likeness (QED) is 0.893. The van der Waals surface area contributed by atoms with E-state index in [1.54, 1.807) is 29.2 Å². The Morgan fingerprint density at radius 1 is 1.42 bits per heavy atom. The number of hydrogen-bond donors (Lipinski definition) is 2. The molecule has 5 nitrogen and oxygen atoms in total. The standard InChI is InChI=1S/C18H22ClN3O2/c1-2-12-11-20-21-16(12)13-7-9-22(10-8-13)18(24)17(23)14-5-3-4-6-15(14)19/h3-6,11,13,17,23H,2,7-10H2,1H3,(H,20,21). The third kappa shape index (κ3) is 3.32. The number of carbonyl (C=O) groups excluding carboxylic acids is 1. The Morgan fingerprint density at radius 3 is 2.79 bits per heavy atom. The lowest BCUT2D eigenvalue weighted by molar-refractivity contribution is -0.141. The Kier molecular flexibility index (Phi) is 5.21. The topological polar surface area (TPSA) is 69.2 Å². The van der Waals surface area contributed by atoms with Gasteiger partial charge in [-0.2, -0.15) is 5.10 Å². The largest absolute Gasteiger partial charge is 0.378 e. The number of aliphatic hydroxyl groups is 1. The molecule has 1 aliphatic heterocycles. The molecule has 6 heteroatoms. The maximum atomic E-state index is 12.6. The molecule has 0 spiro atoms. The molecule has 1 unspecified atom stereocenters. The molecule has 2 heterocycles. The number of aromatic amines is 1. The summed E-state index contributed by atoms with van der Waals surface area (Å²) < 4.78 is 0. The van der Waals surface area contributed by atoms with E-state index < -0.39 is 6.10 Å². The molecule has 0 saturated carbocycles. The highest BCUT2D eigenvalue weighted by molar-refractivity contribution is 6.31. The number of aliphatic hydroxyl groups excluding tert-OH is 1. The predicted octanol–water partition coefficient (Wildman–Crippen LogP) is 3.07. The average molecular weight is 348 g/mol. The first-order valence-corrected chi connectivity index (χ1v) is 8.73. The smallest absolute Gasteiger partial charge is 0.256 e. The Morgan fingerprint density at radius 2 is 2.12 bits per heavy atom. The number of carbonyl (C=O) groups is 1. The van der Waals surface area contributed by atoms with Crippen LogP contribution < -0.4 is 0 Å². The van der Waals surface area contributed by atoms with Crippen LogP contribution in [0.5, 0.6) is 0 Å². The third-order valence-corrected chi connectivity index (χ3v) is 5.13.